The van der Waals surface area contributed by atoms with E-state index in [1.54, 1.807) is 0 Å². The Labute approximate surface area is 198 Å². The van der Waals surface area contributed by atoms with Crippen LogP contribution in [0.3, 0.4) is 0 Å². The van der Waals surface area contributed by atoms with Crippen LogP contribution in [0.2, 0.25) is 0 Å². The first-order valence-electron chi connectivity index (χ1n) is 10.4. The fourth-order valence-corrected chi connectivity index (χ4v) is 4.05. The van der Waals surface area contributed by atoms with Gasteiger partial charge in [-0.2, -0.15) is 6.07 Å². The summed E-state index contributed by atoms with van der Waals surface area (Å²) < 4.78 is 0. The Balaban J connectivity index is 0.000000501. The van der Waals surface area contributed by atoms with Crippen LogP contribution in [0.25, 0.3) is 0 Å². The van der Waals surface area contributed by atoms with E-state index in [0.29, 0.717) is 0 Å². The van der Waals surface area contributed by atoms with E-state index in [1.165, 1.54) is 22.3 Å². The third-order valence-corrected chi connectivity index (χ3v) is 5.29. The zero-order chi connectivity index (χ0) is 21.3. The second kappa shape index (κ2) is 12.4. The third kappa shape index (κ3) is 6.53. The molecule has 0 bridgehead atoms. The van der Waals surface area contributed by atoms with Gasteiger partial charge in [0.05, 0.1) is 0 Å². The molecule has 31 heavy (non-hydrogen) atoms. The Bertz CT molecular complexity index is 873. The van der Waals surface area contributed by atoms with Crippen LogP contribution < -0.4 is 0 Å². The van der Waals surface area contributed by atoms with Gasteiger partial charge in [0.1, 0.15) is 0 Å². The minimum Gasteiger partial charge on any atom is -0.748 e. The summed E-state index contributed by atoms with van der Waals surface area (Å²) in [5.74, 6) is 0. The van der Waals surface area contributed by atoms with Crippen LogP contribution in [0.4, 0.5) is 0 Å². The average molecular weight is 452 g/mol. The molecule has 0 aliphatic heterocycles. The zero-order valence-electron chi connectivity index (χ0n) is 18.8. The SMILES string of the molecule is CN(C)[C@H](c1ccccc1)c1ccc[c-]1[C@@H](c1ccccc1)N(C)C.[Fe].[cH-]1[cH-][cH-][cH-][cH-]1. The maximum Gasteiger partial charge on any atom is 0.0368 e. The van der Waals surface area contributed by atoms with Crippen molar-refractivity contribution in [2.24, 2.45) is 0 Å². The van der Waals surface area contributed by atoms with Gasteiger partial charge in [0.15, 0.2) is 0 Å². The van der Waals surface area contributed by atoms with Crippen LogP contribution in [0.5, 0.6) is 0 Å². The molecule has 0 aliphatic rings. The van der Waals surface area contributed by atoms with E-state index in [1.807, 2.05) is 30.3 Å². The van der Waals surface area contributed by atoms with Crippen LogP contribution in [-0.4, -0.2) is 38.0 Å². The Morgan fingerprint density at radius 3 is 1.55 bits per heavy atom. The maximum absolute atomic E-state index is 2.30. The van der Waals surface area contributed by atoms with Gasteiger partial charge in [-0.1, -0.05) is 60.7 Å². The van der Waals surface area contributed by atoms with Gasteiger partial charge >= 0.3 is 0 Å². The van der Waals surface area contributed by atoms with Crippen molar-refractivity contribution in [2.45, 2.75) is 12.1 Å². The summed E-state index contributed by atoms with van der Waals surface area (Å²) in [6, 6.07) is 38.7. The monoisotopic (exact) mass is 452 g/mol. The van der Waals surface area contributed by atoms with Gasteiger partial charge in [0.25, 0.3) is 0 Å². The standard InChI is InChI=1S/C23H27N2.C5H5.Fe/c1-24(2)22(18-12-7-5-8-13-18)20-16-11-17-21(20)23(25(3)4)19-14-9-6-10-15-19;1-2-4-5-3-1;/h5-17,22-23H,1-4H3;1-5H;/q-1;-5;/t22-,23-;;/m1../s1. The fourth-order valence-electron chi connectivity index (χ4n) is 4.05. The van der Waals surface area contributed by atoms with Crippen molar-refractivity contribution in [1.29, 1.82) is 0 Å². The number of hydrogen-bond donors (Lipinski definition) is 0. The molecule has 0 amide bonds. The molecule has 0 spiro atoms. The quantitative estimate of drug-likeness (QED) is 0.257. The van der Waals surface area contributed by atoms with Crippen LogP contribution in [0, 0.1) is 0 Å². The molecular formula is C28H32FeN2-6. The van der Waals surface area contributed by atoms with Crippen molar-refractivity contribution in [3.8, 4) is 0 Å². The number of hydrogen-bond acceptors (Lipinski definition) is 2. The summed E-state index contributed by atoms with van der Waals surface area (Å²) in [5, 5.41) is 0. The zero-order valence-corrected chi connectivity index (χ0v) is 19.9. The minimum atomic E-state index is 0. The third-order valence-electron chi connectivity index (χ3n) is 5.29. The van der Waals surface area contributed by atoms with E-state index < -0.39 is 0 Å². The molecule has 2 atom stereocenters. The van der Waals surface area contributed by atoms with Crippen molar-refractivity contribution in [3.05, 3.63) is 131 Å². The summed E-state index contributed by atoms with van der Waals surface area (Å²) >= 11 is 0. The van der Waals surface area contributed by atoms with Crippen molar-refractivity contribution >= 4 is 0 Å². The Morgan fingerprint density at radius 2 is 1.10 bits per heavy atom. The molecule has 0 aliphatic carbocycles. The van der Waals surface area contributed by atoms with Crippen molar-refractivity contribution < 1.29 is 17.1 Å². The number of benzene rings is 2. The molecule has 0 fully saturated rings. The molecule has 0 saturated heterocycles. The Morgan fingerprint density at radius 1 is 0.613 bits per heavy atom. The first-order valence-corrected chi connectivity index (χ1v) is 10.4. The van der Waals surface area contributed by atoms with Crippen LogP contribution >= 0.6 is 0 Å². The minimum absolute atomic E-state index is 0. The largest absolute Gasteiger partial charge is 0.748 e. The molecule has 0 saturated carbocycles. The first kappa shape index (κ1) is 24.8. The molecule has 0 heterocycles. The molecule has 4 rings (SSSR count). The topological polar surface area (TPSA) is 6.48 Å². The molecular weight excluding hydrogens is 420 g/mol. The molecule has 0 N–H and O–H groups in total. The number of rotatable bonds is 6. The second-order valence-electron chi connectivity index (χ2n) is 7.95. The summed E-state index contributed by atoms with van der Waals surface area (Å²) in [6.07, 6.45) is 0. The van der Waals surface area contributed by atoms with Crippen molar-refractivity contribution in [2.75, 3.05) is 28.2 Å². The molecule has 0 radical (unpaired) electrons. The normalized spacial score (nSPS) is 12.6. The van der Waals surface area contributed by atoms with Gasteiger partial charge in [-0.05, 0) is 39.3 Å². The average Bonchev–Trinajstić information content (AvgIpc) is 3.46. The van der Waals surface area contributed by atoms with Crippen LogP contribution in [0.15, 0.2) is 109 Å². The van der Waals surface area contributed by atoms with Gasteiger partial charge in [-0.25, -0.2) is 12.1 Å². The molecule has 3 heteroatoms. The molecule has 4 aromatic rings. The number of nitrogens with zero attached hydrogens (tertiary/aromatic N) is 2. The van der Waals surface area contributed by atoms with Gasteiger partial charge < -0.3 is 40.1 Å². The molecule has 4 aromatic carbocycles. The molecule has 2 nitrogen and oxygen atoms in total. The molecule has 0 aromatic heterocycles. The van der Waals surface area contributed by atoms with Crippen molar-refractivity contribution in [1.82, 2.24) is 9.80 Å². The van der Waals surface area contributed by atoms with E-state index in [9.17, 15) is 0 Å². The summed E-state index contributed by atoms with van der Waals surface area (Å²) in [7, 11) is 8.62. The van der Waals surface area contributed by atoms with Gasteiger partial charge in [-0.3, -0.25) is 0 Å². The predicted molar refractivity (Wildman–Crippen MR) is 128 cm³/mol. The summed E-state index contributed by atoms with van der Waals surface area (Å²) in [5.41, 5.74) is 5.40. The Kier molecular flexibility index (Phi) is 9.97. The second-order valence-corrected chi connectivity index (χ2v) is 7.95. The Hall–Kier alpha value is -2.42. The molecule has 0 unspecified atom stereocenters. The van der Waals surface area contributed by atoms with E-state index in [-0.39, 0.29) is 29.2 Å². The van der Waals surface area contributed by atoms with Gasteiger partial charge in [0.2, 0.25) is 0 Å². The summed E-state index contributed by atoms with van der Waals surface area (Å²) in [4.78, 5) is 4.60. The maximum atomic E-state index is 2.30. The summed E-state index contributed by atoms with van der Waals surface area (Å²) in [6.45, 7) is 0. The van der Waals surface area contributed by atoms with Gasteiger partial charge in [-0.15, -0.1) is 11.1 Å². The van der Waals surface area contributed by atoms with E-state index in [0.717, 1.165) is 0 Å². The predicted octanol–water partition coefficient (Wildman–Crippen LogP) is 6.11. The van der Waals surface area contributed by atoms with Crippen LogP contribution in [0.1, 0.15) is 34.3 Å². The van der Waals surface area contributed by atoms with Crippen LogP contribution in [-0.2, 0) is 17.1 Å². The first-order chi connectivity index (χ1) is 14.6. The van der Waals surface area contributed by atoms with Gasteiger partial charge in [0, 0.05) is 29.2 Å². The van der Waals surface area contributed by atoms with E-state index in [2.05, 4.69) is 117 Å². The smallest absolute Gasteiger partial charge is 0.0368 e. The van der Waals surface area contributed by atoms with E-state index in [4.69, 9.17) is 0 Å². The van der Waals surface area contributed by atoms with Crippen molar-refractivity contribution in [3.63, 3.8) is 0 Å². The molecule has 168 valence electrons. The fraction of sp³-hybridized carbons (Fsp3) is 0.214. The van der Waals surface area contributed by atoms with E-state index >= 15 is 0 Å².